The second kappa shape index (κ2) is 10.2. The van der Waals surface area contributed by atoms with Gasteiger partial charge in [0.2, 0.25) is 0 Å². The Morgan fingerprint density at radius 3 is 2.08 bits per heavy atom. The molecule has 0 spiro atoms. The second-order valence-electron chi connectivity index (χ2n) is 8.63. The van der Waals surface area contributed by atoms with Crippen molar-refractivity contribution in [3.63, 3.8) is 0 Å². The Labute approximate surface area is 209 Å². The van der Waals surface area contributed by atoms with Gasteiger partial charge in [0.05, 0.1) is 6.61 Å². The number of nitrogen functional groups attached to an aromatic ring is 2. The Morgan fingerprint density at radius 1 is 0.722 bits per heavy atom. The van der Waals surface area contributed by atoms with Gasteiger partial charge in [-0.3, -0.25) is 0 Å². The molecule has 0 atom stereocenters. The molecule has 0 aromatic heterocycles. The van der Waals surface area contributed by atoms with Crippen LogP contribution in [0.3, 0.4) is 0 Å². The summed E-state index contributed by atoms with van der Waals surface area (Å²) in [6, 6.07) is 27.6. The minimum Gasteiger partial charge on any atom is -0.488 e. The third-order valence-electron chi connectivity index (χ3n) is 6.14. The minimum absolute atomic E-state index is 0.0435. The summed E-state index contributed by atoms with van der Waals surface area (Å²) in [5.74, 6) is 1.24. The monoisotopic (exact) mass is 480 g/mol. The number of ether oxygens (including phenoxy) is 3. The molecule has 0 saturated heterocycles. The summed E-state index contributed by atoms with van der Waals surface area (Å²) in [6.07, 6.45) is 0. The third-order valence-corrected chi connectivity index (χ3v) is 6.14. The lowest BCUT2D eigenvalue weighted by Crippen LogP contribution is -2.05. The number of hydrogen-bond donors (Lipinski definition) is 3. The topological polar surface area (TPSA) is 100.0 Å². The van der Waals surface area contributed by atoms with Crippen molar-refractivity contribution in [3.05, 3.63) is 96.1 Å². The largest absolute Gasteiger partial charge is 0.488 e. The van der Waals surface area contributed by atoms with Crippen LogP contribution in [0, 0.1) is 0 Å². The maximum absolute atomic E-state index is 10.3. The molecule has 36 heavy (non-hydrogen) atoms. The first-order chi connectivity index (χ1) is 17.6. The van der Waals surface area contributed by atoms with Crippen LogP contribution in [-0.2, 0) is 18.0 Å². The molecule has 5 N–H and O–H groups in total. The molecule has 0 aliphatic heterocycles. The van der Waals surface area contributed by atoms with Crippen molar-refractivity contribution in [1.82, 2.24) is 0 Å². The Bertz CT molecular complexity index is 1530. The Morgan fingerprint density at radius 2 is 1.39 bits per heavy atom. The van der Waals surface area contributed by atoms with E-state index in [2.05, 4.69) is 18.2 Å². The number of benzene rings is 5. The molecule has 5 aromatic rings. The van der Waals surface area contributed by atoms with Crippen LogP contribution in [-0.4, -0.2) is 19.0 Å². The molecule has 0 unspecified atom stereocenters. The van der Waals surface area contributed by atoms with E-state index in [1.807, 2.05) is 60.7 Å². The van der Waals surface area contributed by atoms with Gasteiger partial charge in [-0.15, -0.1) is 0 Å². The maximum Gasteiger partial charge on any atom is 0.188 e. The van der Waals surface area contributed by atoms with E-state index in [0.29, 0.717) is 28.4 Å². The quantitative estimate of drug-likeness (QED) is 0.189. The number of hydrogen-bond acceptors (Lipinski definition) is 6. The van der Waals surface area contributed by atoms with Crippen LogP contribution < -0.4 is 20.9 Å². The van der Waals surface area contributed by atoms with E-state index in [9.17, 15) is 5.11 Å². The zero-order valence-electron chi connectivity index (χ0n) is 20.0. The van der Waals surface area contributed by atoms with Gasteiger partial charge in [-0.2, -0.15) is 0 Å². The van der Waals surface area contributed by atoms with Gasteiger partial charge in [-0.05, 0) is 57.4 Å². The SMILES string of the molecule is COCOc1c(CO)cc2ccccc2c1-c1c(OCc2cc(N)cc(N)c2)ccc2ccccc12. The average Bonchev–Trinajstić information content (AvgIpc) is 2.89. The molecule has 6 heteroatoms. The van der Waals surface area contributed by atoms with Gasteiger partial charge in [-0.1, -0.05) is 54.6 Å². The van der Waals surface area contributed by atoms with Crippen LogP contribution in [0.1, 0.15) is 11.1 Å². The van der Waals surface area contributed by atoms with Crippen LogP contribution in [0.4, 0.5) is 11.4 Å². The first kappa shape index (κ1) is 23.5. The fourth-order valence-electron chi connectivity index (χ4n) is 4.65. The van der Waals surface area contributed by atoms with Crippen LogP contribution in [0.15, 0.2) is 84.9 Å². The normalized spacial score (nSPS) is 11.2. The fourth-order valence-corrected chi connectivity index (χ4v) is 4.65. The number of methoxy groups -OCH3 is 1. The van der Waals surface area contributed by atoms with E-state index < -0.39 is 0 Å². The van der Waals surface area contributed by atoms with Gasteiger partial charge in [0.1, 0.15) is 18.1 Å². The number of fused-ring (bicyclic) bond motifs is 2. The number of aliphatic hydroxyl groups is 1. The summed E-state index contributed by atoms with van der Waals surface area (Å²) in [4.78, 5) is 0. The molecule has 0 aliphatic rings. The first-order valence-corrected chi connectivity index (χ1v) is 11.7. The highest BCUT2D eigenvalue weighted by molar-refractivity contribution is 6.10. The maximum atomic E-state index is 10.3. The van der Waals surface area contributed by atoms with Crippen molar-refractivity contribution >= 4 is 32.9 Å². The van der Waals surface area contributed by atoms with E-state index in [4.69, 9.17) is 25.7 Å². The zero-order valence-corrected chi connectivity index (χ0v) is 20.0. The van der Waals surface area contributed by atoms with E-state index in [1.54, 1.807) is 13.2 Å². The predicted octanol–water partition coefficient (Wildman–Crippen LogP) is 5.88. The number of anilines is 2. The molecular formula is C30H28N2O4. The summed E-state index contributed by atoms with van der Waals surface area (Å²) in [6.45, 7) is 0.148. The molecule has 0 bridgehead atoms. The van der Waals surface area contributed by atoms with E-state index >= 15 is 0 Å². The van der Waals surface area contributed by atoms with Crippen molar-refractivity contribution in [2.45, 2.75) is 13.2 Å². The molecule has 0 aliphatic carbocycles. The van der Waals surface area contributed by atoms with Crippen molar-refractivity contribution < 1.29 is 19.3 Å². The highest BCUT2D eigenvalue weighted by atomic mass is 16.7. The van der Waals surface area contributed by atoms with Gasteiger partial charge in [-0.25, -0.2) is 0 Å². The molecule has 0 heterocycles. The summed E-state index contributed by atoms with van der Waals surface area (Å²) >= 11 is 0. The lowest BCUT2D eigenvalue weighted by molar-refractivity contribution is 0.0500. The summed E-state index contributed by atoms with van der Waals surface area (Å²) in [5, 5.41) is 14.3. The standard InChI is InChI=1S/C30H28N2O4/c1-34-18-36-30-22(16-33)14-21-7-3-5-9-26(21)29(30)28-25-8-4-2-6-20(25)10-11-27(28)35-17-19-12-23(31)15-24(32)13-19/h2-15,33H,16-18,31-32H2,1H3. The van der Waals surface area contributed by atoms with Crippen molar-refractivity contribution in [3.8, 4) is 22.6 Å². The Hall–Kier alpha value is -4.26. The molecule has 182 valence electrons. The molecule has 5 rings (SSSR count). The van der Waals surface area contributed by atoms with Gasteiger partial charge < -0.3 is 30.8 Å². The van der Waals surface area contributed by atoms with Gasteiger partial charge >= 0.3 is 0 Å². The number of nitrogens with two attached hydrogens (primary N) is 2. The number of rotatable bonds is 8. The molecule has 6 nitrogen and oxygen atoms in total. The van der Waals surface area contributed by atoms with Crippen LogP contribution in [0.25, 0.3) is 32.7 Å². The molecule has 0 saturated carbocycles. The number of aliphatic hydroxyl groups excluding tert-OH is 1. The zero-order chi connectivity index (χ0) is 25.1. The van der Waals surface area contributed by atoms with Crippen molar-refractivity contribution in [2.75, 3.05) is 25.4 Å². The van der Waals surface area contributed by atoms with Crippen molar-refractivity contribution in [1.29, 1.82) is 0 Å². The highest BCUT2D eigenvalue weighted by Crippen LogP contribution is 2.47. The molecule has 0 fully saturated rings. The predicted molar refractivity (Wildman–Crippen MR) is 145 cm³/mol. The molecule has 0 radical (unpaired) electrons. The Kier molecular flexibility index (Phi) is 6.62. The Balaban J connectivity index is 1.77. The molecule has 5 aromatic carbocycles. The molecular weight excluding hydrogens is 452 g/mol. The smallest absolute Gasteiger partial charge is 0.188 e. The van der Waals surface area contributed by atoms with Crippen LogP contribution >= 0.6 is 0 Å². The van der Waals surface area contributed by atoms with Crippen molar-refractivity contribution in [2.24, 2.45) is 0 Å². The van der Waals surface area contributed by atoms with E-state index in [1.165, 1.54) is 0 Å². The highest BCUT2D eigenvalue weighted by Gasteiger charge is 2.22. The van der Waals surface area contributed by atoms with E-state index in [-0.39, 0.29) is 20.0 Å². The van der Waals surface area contributed by atoms with E-state index in [0.717, 1.165) is 38.2 Å². The summed E-state index contributed by atoms with van der Waals surface area (Å²) in [7, 11) is 1.57. The minimum atomic E-state index is -0.180. The third kappa shape index (κ3) is 4.52. The van der Waals surface area contributed by atoms with Gasteiger partial charge in [0, 0.05) is 35.2 Å². The lowest BCUT2D eigenvalue weighted by atomic mass is 9.90. The second-order valence-corrected chi connectivity index (χ2v) is 8.63. The summed E-state index contributed by atoms with van der Waals surface area (Å²) in [5.41, 5.74) is 16.4. The lowest BCUT2D eigenvalue weighted by Gasteiger charge is -2.21. The summed E-state index contributed by atoms with van der Waals surface area (Å²) < 4.78 is 17.8. The average molecular weight is 481 g/mol. The fraction of sp³-hybridized carbons (Fsp3) is 0.133. The van der Waals surface area contributed by atoms with Gasteiger partial charge in [0.15, 0.2) is 6.79 Å². The van der Waals surface area contributed by atoms with Crippen LogP contribution in [0.2, 0.25) is 0 Å². The first-order valence-electron chi connectivity index (χ1n) is 11.7. The molecule has 0 amide bonds. The van der Waals surface area contributed by atoms with Crippen LogP contribution in [0.5, 0.6) is 11.5 Å². The van der Waals surface area contributed by atoms with Gasteiger partial charge in [0.25, 0.3) is 0 Å².